The predicted molar refractivity (Wildman–Crippen MR) is 123 cm³/mol. The van der Waals surface area contributed by atoms with Crippen LogP contribution >= 0.6 is 11.8 Å². The molecule has 1 aliphatic rings. The highest BCUT2D eigenvalue weighted by atomic mass is 32.2. The Bertz CT molecular complexity index is 1110. The summed E-state index contributed by atoms with van der Waals surface area (Å²) in [5.74, 6) is -0.393. The van der Waals surface area contributed by atoms with Gasteiger partial charge < -0.3 is 10.2 Å². The number of carbonyl (C=O) groups excluding carboxylic acids is 3. The summed E-state index contributed by atoms with van der Waals surface area (Å²) < 4.78 is 37.8. The average Bonchev–Trinajstić information content (AvgIpc) is 2.87. The lowest BCUT2D eigenvalue weighted by atomic mass is 9.96. The molecule has 1 N–H and O–H groups in total. The molecule has 182 valence electrons. The van der Waals surface area contributed by atoms with Gasteiger partial charge in [0.05, 0.1) is 5.69 Å². The topological polar surface area (TPSA) is 82.6 Å². The molecular formula is C23H25F3N4O3S. The number of anilines is 2. The zero-order valence-corrected chi connectivity index (χ0v) is 20.2. The summed E-state index contributed by atoms with van der Waals surface area (Å²) in [5, 5.41) is 2.73. The van der Waals surface area contributed by atoms with E-state index in [2.05, 4.69) is 10.3 Å². The van der Waals surface area contributed by atoms with Gasteiger partial charge in [-0.15, -0.1) is 0 Å². The quantitative estimate of drug-likeness (QED) is 0.443. The Hall–Kier alpha value is -3.08. The zero-order valence-electron chi connectivity index (χ0n) is 19.4. The van der Waals surface area contributed by atoms with Crippen molar-refractivity contribution in [3.05, 3.63) is 48.2 Å². The molecule has 2 aromatic rings. The van der Waals surface area contributed by atoms with Gasteiger partial charge in [0.2, 0.25) is 5.91 Å². The number of urea groups is 1. The lowest BCUT2D eigenvalue weighted by Gasteiger charge is -2.27. The summed E-state index contributed by atoms with van der Waals surface area (Å²) >= 11 is -0.272. The Morgan fingerprint density at radius 3 is 2.26 bits per heavy atom. The number of pyridine rings is 1. The van der Waals surface area contributed by atoms with Crippen LogP contribution in [0.15, 0.2) is 47.5 Å². The van der Waals surface area contributed by atoms with Crippen LogP contribution in [0, 0.1) is 5.41 Å². The standard InChI is InChI=1S/C23H25F3N4O3S/c1-21(2,3)18(31)28-17-12-14(10-11-27-17)13-29-20(33)30(19(32)22(29,4)5)15-6-8-16(9-7-15)34-23(24,25)26/h6-12H,13H2,1-5H3,(H,27,28,31). The summed E-state index contributed by atoms with van der Waals surface area (Å²) in [6.07, 6.45) is 1.50. The van der Waals surface area contributed by atoms with Gasteiger partial charge in [-0.25, -0.2) is 14.7 Å². The van der Waals surface area contributed by atoms with E-state index in [0.717, 1.165) is 4.90 Å². The molecule has 11 heteroatoms. The summed E-state index contributed by atoms with van der Waals surface area (Å²) in [6.45, 7) is 8.58. The molecule has 0 radical (unpaired) electrons. The highest BCUT2D eigenvalue weighted by Crippen LogP contribution is 2.39. The normalized spacial score (nSPS) is 16.2. The van der Waals surface area contributed by atoms with Crippen molar-refractivity contribution in [1.82, 2.24) is 9.88 Å². The van der Waals surface area contributed by atoms with Gasteiger partial charge >= 0.3 is 11.5 Å². The Morgan fingerprint density at radius 1 is 1.09 bits per heavy atom. The molecule has 1 aromatic heterocycles. The summed E-state index contributed by atoms with van der Waals surface area (Å²) in [6, 6.07) is 7.78. The van der Waals surface area contributed by atoms with E-state index in [-0.39, 0.29) is 34.8 Å². The van der Waals surface area contributed by atoms with Gasteiger partial charge in [-0.2, -0.15) is 13.2 Å². The number of amides is 4. The van der Waals surface area contributed by atoms with Gasteiger partial charge in [-0.05, 0) is 67.6 Å². The minimum absolute atomic E-state index is 0.0481. The first kappa shape index (κ1) is 25.5. The number of rotatable bonds is 5. The number of hydrogen-bond acceptors (Lipinski definition) is 5. The molecule has 0 bridgehead atoms. The number of nitrogens with one attached hydrogen (secondary N) is 1. The molecule has 7 nitrogen and oxygen atoms in total. The molecule has 1 saturated heterocycles. The molecule has 3 rings (SSSR count). The van der Waals surface area contributed by atoms with Crippen LogP contribution in [0.25, 0.3) is 0 Å². The second-order valence-corrected chi connectivity index (χ2v) is 10.5. The minimum atomic E-state index is -4.44. The monoisotopic (exact) mass is 494 g/mol. The number of thioether (sulfide) groups is 1. The number of carbonyl (C=O) groups is 3. The van der Waals surface area contributed by atoms with Crippen LogP contribution in [-0.4, -0.2) is 38.8 Å². The molecule has 4 amide bonds. The van der Waals surface area contributed by atoms with Crippen molar-refractivity contribution in [2.24, 2.45) is 5.41 Å². The van der Waals surface area contributed by atoms with Gasteiger partial charge in [0.1, 0.15) is 11.4 Å². The fourth-order valence-electron chi connectivity index (χ4n) is 3.25. The number of halogens is 3. The molecule has 2 heterocycles. The minimum Gasteiger partial charge on any atom is -0.310 e. The van der Waals surface area contributed by atoms with E-state index in [9.17, 15) is 27.6 Å². The van der Waals surface area contributed by atoms with E-state index in [0.29, 0.717) is 11.4 Å². The van der Waals surface area contributed by atoms with Crippen molar-refractivity contribution in [3.8, 4) is 0 Å². The Morgan fingerprint density at radius 2 is 1.71 bits per heavy atom. The molecule has 0 saturated carbocycles. The van der Waals surface area contributed by atoms with Crippen LogP contribution in [0.3, 0.4) is 0 Å². The number of hydrogen-bond donors (Lipinski definition) is 1. The van der Waals surface area contributed by atoms with Gasteiger partial charge in [0, 0.05) is 23.1 Å². The molecule has 1 aliphatic heterocycles. The van der Waals surface area contributed by atoms with E-state index >= 15 is 0 Å². The molecule has 1 fully saturated rings. The third-order valence-electron chi connectivity index (χ3n) is 5.24. The van der Waals surface area contributed by atoms with Gasteiger partial charge in [-0.3, -0.25) is 9.59 Å². The van der Waals surface area contributed by atoms with Gasteiger partial charge in [0.25, 0.3) is 5.91 Å². The second-order valence-electron chi connectivity index (χ2n) is 9.36. The lowest BCUT2D eigenvalue weighted by molar-refractivity contribution is -0.124. The van der Waals surface area contributed by atoms with Crippen molar-refractivity contribution in [2.45, 2.75) is 57.1 Å². The van der Waals surface area contributed by atoms with Crippen molar-refractivity contribution >= 4 is 41.1 Å². The van der Waals surface area contributed by atoms with Crippen LogP contribution in [0.2, 0.25) is 0 Å². The number of nitrogens with zero attached hydrogens (tertiary/aromatic N) is 3. The first-order valence-electron chi connectivity index (χ1n) is 10.4. The SMILES string of the molecule is CC(C)(C)C(=O)Nc1cc(CN2C(=O)N(c3ccc(SC(F)(F)F)cc3)C(=O)C2(C)C)ccn1. The maximum Gasteiger partial charge on any atom is 0.446 e. The van der Waals surface area contributed by atoms with Crippen molar-refractivity contribution in [3.63, 3.8) is 0 Å². The largest absolute Gasteiger partial charge is 0.446 e. The average molecular weight is 495 g/mol. The fourth-order valence-corrected chi connectivity index (χ4v) is 3.79. The molecule has 34 heavy (non-hydrogen) atoms. The summed E-state index contributed by atoms with van der Waals surface area (Å²) in [4.78, 5) is 45.0. The van der Waals surface area contributed by atoms with Gasteiger partial charge in [-0.1, -0.05) is 20.8 Å². The molecule has 0 atom stereocenters. The molecular weight excluding hydrogens is 469 g/mol. The predicted octanol–water partition coefficient (Wildman–Crippen LogP) is 5.43. The zero-order chi connectivity index (χ0) is 25.5. The third kappa shape index (κ3) is 5.52. The van der Waals surface area contributed by atoms with Crippen LogP contribution in [-0.2, 0) is 16.1 Å². The first-order chi connectivity index (χ1) is 15.6. The van der Waals surface area contributed by atoms with Crippen molar-refractivity contribution in [1.29, 1.82) is 0 Å². The first-order valence-corrected chi connectivity index (χ1v) is 11.2. The summed E-state index contributed by atoms with van der Waals surface area (Å²) in [7, 11) is 0. The molecule has 0 aliphatic carbocycles. The van der Waals surface area contributed by atoms with Crippen LogP contribution in [0.4, 0.5) is 29.5 Å². The van der Waals surface area contributed by atoms with Crippen LogP contribution < -0.4 is 10.2 Å². The van der Waals surface area contributed by atoms with Crippen LogP contribution in [0.5, 0.6) is 0 Å². The summed E-state index contributed by atoms with van der Waals surface area (Å²) in [5.41, 5.74) is -5.42. The smallest absolute Gasteiger partial charge is 0.310 e. The maximum atomic E-state index is 13.2. The number of imide groups is 1. The lowest BCUT2D eigenvalue weighted by Crippen LogP contribution is -2.43. The van der Waals surface area contributed by atoms with Gasteiger partial charge in [0.15, 0.2) is 0 Å². The van der Waals surface area contributed by atoms with Crippen LogP contribution in [0.1, 0.15) is 40.2 Å². The van der Waals surface area contributed by atoms with E-state index in [4.69, 9.17) is 0 Å². The highest BCUT2D eigenvalue weighted by Gasteiger charge is 2.51. The van der Waals surface area contributed by atoms with E-state index < -0.39 is 28.4 Å². The Labute approximate surface area is 199 Å². The van der Waals surface area contributed by atoms with E-state index in [1.807, 2.05) is 0 Å². The van der Waals surface area contributed by atoms with Crippen molar-refractivity contribution < 1.29 is 27.6 Å². The number of alkyl halides is 3. The van der Waals surface area contributed by atoms with E-state index in [1.54, 1.807) is 46.8 Å². The second kappa shape index (κ2) is 8.94. The molecule has 0 spiro atoms. The van der Waals surface area contributed by atoms with Crippen molar-refractivity contribution in [2.75, 3.05) is 10.2 Å². The molecule has 0 unspecified atom stereocenters. The maximum absolute atomic E-state index is 13.2. The third-order valence-corrected chi connectivity index (χ3v) is 5.98. The Balaban J connectivity index is 1.82. The number of benzene rings is 1. The Kier molecular flexibility index (Phi) is 6.71. The fraction of sp³-hybridized carbons (Fsp3) is 0.391. The molecule has 1 aromatic carbocycles. The number of aromatic nitrogens is 1. The highest BCUT2D eigenvalue weighted by molar-refractivity contribution is 8.00. The van der Waals surface area contributed by atoms with E-state index in [1.165, 1.54) is 35.4 Å².